The number of hydrogen-bond donors (Lipinski definition) is 0. The smallest absolute Gasteiger partial charge is 0.132 e. The molecular formula is C20H17FS. The van der Waals surface area contributed by atoms with Crippen LogP contribution in [0.4, 0.5) is 4.39 Å². The summed E-state index contributed by atoms with van der Waals surface area (Å²) >= 11 is 1.55. The van der Waals surface area contributed by atoms with E-state index in [4.69, 9.17) is 0 Å². The number of rotatable bonds is 4. The topological polar surface area (TPSA) is 0 Å². The van der Waals surface area contributed by atoms with Gasteiger partial charge in [-0.15, -0.1) is 11.3 Å². The van der Waals surface area contributed by atoms with E-state index in [9.17, 15) is 4.39 Å². The van der Waals surface area contributed by atoms with Gasteiger partial charge in [0.1, 0.15) is 5.82 Å². The van der Waals surface area contributed by atoms with Crippen LogP contribution in [0.25, 0.3) is 27.6 Å². The van der Waals surface area contributed by atoms with Crippen LogP contribution in [0.15, 0.2) is 61.2 Å². The van der Waals surface area contributed by atoms with E-state index in [1.165, 1.54) is 5.56 Å². The molecule has 0 amide bonds. The lowest BCUT2D eigenvalue weighted by molar-refractivity contribution is 0.632. The molecule has 0 aliphatic rings. The minimum absolute atomic E-state index is 0.186. The second kappa shape index (κ2) is 6.29. The molecule has 0 saturated heterocycles. The molecule has 0 aliphatic carbocycles. The maximum absolute atomic E-state index is 14.5. The number of benzene rings is 2. The highest BCUT2D eigenvalue weighted by Crippen LogP contribution is 2.33. The van der Waals surface area contributed by atoms with Crippen LogP contribution in [-0.4, -0.2) is 0 Å². The van der Waals surface area contributed by atoms with Gasteiger partial charge in [-0.3, -0.25) is 0 Å². The van der Waals surface area contributed by atoms with E-state index in [0.717, 1.165) is 27.3 Å². The number of hydrogen-bond acceptors (Lipinski definition) is 1. The minimum atomic E-state index is -0.186. The van der Waals surface area contributed by atoms with Crippen molar-refractivity contribution in [3.05, 3.63) is 77.4 Å². The van der Waals surface area contributed by atoms with Crippen molar-refractivity contribution in [1.29, 1.82) is 0 Å². The summed E-state index contributed by atoms with van der Waals surface area (Å²) in [5, 5.41) is 0. The fourth-order valence-electron chi connectivity index (χ4n) is 2.43. The summed E-state index contributed by atoms with van der Waals surface area (Å²) in [7, 11) is 0. The monoisotopic (exact) mass is 308 g/mol. The molecule has 0 N–H and O–H groups in total. The SMILES string of the molecule is C=Cc1ccc(-c2ccc(-c3ccc(CC)cc3)cc2F)s1. The molecule has 22 heavy (non-hydrogen) atoms. The molecule has 2 heteroatoms. The first kappa shape index (κ1) is 14.7. The second-order valence-electron chi connectivity index (χ2n) is 5.15. The molecule has 3 rings (SSSR count). The summed E-state index contributed by atoms with van der Waals surface area (Å²) in [4.78, 5) is 1.98. The summed E-state index contributed by atoms with van der Waals surface area (Å²) < 4.78 is 14.5. The van der Waals surface area contributed by atoms with Gasteiger partial charge >= 0.3 is 0 Å². The van der Waals surface area contributed by atoms with Crippen molar-refractivity contribution in [2.45, 2.75) is 13.3 Å². The normalized spacial score (nSPS) is 10.6. The maximum atomic E-state index is 14.5. The van der Waals surface area contributed by atoms with Crippen molar-refractivity contribution < 1.29 is 4.39 Å². The van der Waals surface area contributed by atoms with Gasteiger partial charge in [0.05, 0.1) is 0 Å². The van der Waals surface area contributed by atoms with Crippen LogP contribution in [0, 0.1) is 5.82 Å². The van der Waals surface area contributed by atoms with Gasteiger partial charge in [0.2, 0.25) is 0 Å². The van der Waals surface area contributed by atoms with Crippen LogP contribution in [0.3, 0.4) is 0 Å². The fraction of sp³-hybridized carbons (Fsp3) is 0.100. The van der Waals surface area contributed by atoms with Crippen LogP contribution in [0.2, 0.25) is 0 Å². The molecule has 110 valence electrons. The summed E-state index contributed by atoms with van der Waals surface area (Å²) in [5.41, 5.74) is 3.88. The highest BCUT2D eigenvalue weighted by Gasteiger charge is 2.09. The van der Waals surface area contributed by atoms with E-state index in [1.807, 2.05) is 36.4 Å². The molecule has 0 radical (unpaired) electrons. The van der Waals surface area contributed by atoms with E-state index in [0.29, 0.717) is 5.56 Å². The minimum Gasteiger partial charge on any atom is -0.206 e. The van der Waals surface area contributed by atoms with E-state index in [-0.39, 0.29) is 5.82 Å². The first-order chi connectivity index (χ1) is 10.7. The maximum Gasteiger partial charge on any atom is 0.132 e. The summed E-state index contributed by atoms with van der Waals surface area (Å²) in [6, 6.07) is 17.6. The number of halogens is 1. The van der Waals surface area contributed by atoms with Crippen molar-refractivity contribution in [3.8, 4) is 21.6 Å². The lowest BCUT2D eigenvalue weighted by Gasteiger charge is -2.06. The number of thiophene rings is 1. The molecule has 0 saturated carbocycles. The fourth-order valence-corrected chi connectivity index (χ4v) is 3.32. The molecule has 3 aromatic rings. The Morgan fingerprint density at radius 2 is 1.73 bits per heavy atom. The van der Waals surface area contributed by atoms with Gasteiger partial charge in [0.25, 0.3) is 0 Å². The molecule has 0 spiro atoms. The highest BCUT2D eigenvalue weighted by molar-refractivity contribution is 7.16. The molecule has 2 aromatic carbocycles. The lowest BCUT2D eigenvalue weighted by Crippen LogP contribution is -1.86. The van der Waals surface area contributed by atoms with Crippen molar-refractivity contribution in [2.75, 3.05) is 0 Å². The third kappa shape index (κ3) is 2.88. The average Bonchev–Trinajstić information content (AvgIpc) is 3.03. The van der Waals surface area contributed by atoms with Crippen LogP contribution in [0.5, 0.6) is 0 Å². The van der Waals surface area contributed by atoms with Crippen LogP contribution < -0.4 is 0 Å². The summed E-state index contributed by atoms with van der Waals surface area (Å²) in [6.07, 6.45) is 2.80. The largest absolute Gasteiger partial charge is 0.206 e. The Balaban J connectivity index is 1.95. The van der Waals surface area contributed by atoms with Gasteiger partial charge in [0, 0.05) is 15.3 Å². The summed E-state index contributed by atoms with van der Waals surface area (Å²) in [5.74, 6) is -0.186. The molecule has 0 unspecified atom stereocenters. The van der Waals surface area contributed by atoms with E-state index < -0.39 is 0 Å². The Morgan fingerprint density at radius 1 is 1.00 bits per heavy atom. The van der Waals surface area contributed by atoms with E-state index >= 15 is 0 Å². The third-order valence-electron chi connectivity index (χ3n) is 3.76. The quantitative estimate of drug-likeness (QED) is 0.521. The van der Waals surface area contributed by atoms with Gasteiger partial charge < -0.3 is 0 Å². The van der Waals surface area contributed by atoms with E-state index in [2.05, 4.69) is 25.6 Å². The molecule has 0 aliphatic heterocycles. The predicted molar refractivity (Wildman–Crippen MR) is 94.6 cm³/mol. The molecule has 0 atom stereocenters. The molecule has 0 fully saturated rings. The second-order valence-corrected chi connectivity index (χ2v) is 6.27. The zero-order valence-corrected chi connectivity index (χ0v) is 13.3. The molecule has 1 heterocycles. The Labute approximate surface area is 134 Å². The lowest BCUT2D eigenvalue weighted by atomic mass is 10.0. The van der Waals surface area contributed by atoms with Gasteiger partial charge in [-0.25, -0.2) is 4.39 Å². The van der Waals surface area contributed by atoms with Crippen molar-refractivity contribution in [1.82, 2.24) is 0 Å². The Morgan fingerprint density at radius 3 is 2.32 bits per heavy atom. The zero-order valence-electron chi connectivity index (χ0n) is 12.5. The Hall–Kier alpha value is -2.19. The van der Waals surface area contributed by atoms with E-state index in [1.54, 1.807) is 23.5 Å². The van der Waals surface area contributed by atoms with Crippen molar-refractivity contribution in [2.24, 2.45) is 0 Å². The highest BCUT2D eigenvalue weighted by atomic mass is 32.1. The van der Waals surface area contributed by atoms with Gasteiger partial charge in [-0.05, 0) is 47.4 Å². The molecular weight excluding hydrogens is 291 g/mol. The van der Waals surface area contributed by atoms with Crippen molar-refractivity contribution >= 4 is 17.4 Å². The zero-order chi connectivity index (χ0) is 15.5. The Kier molecular flexibility index (Phi) is 4.21. The first-order valence-corrected chi connectivity index (χ1v) is 8.14. The molecule has 1 aromatic heterocycles. The molecule has 0 bridgehead atoms. The van der Waals surface area contributed by atoms with Gasteiger partial charge in [0.15, 0.2) is 0 Å². The Bertz CT molecular complexity index is 797. The van der Waals surface area contributed by atoms with Crippen LogP contribution in [0.1, 0.15) is 17.4 Å². The van der Waals surface area contributed by atoms with Gasteiger partial charge in [-0.2, -0.15) is 0 Å². The standard InChI is InChI=1S/C20H17FS/c1-3-14-5-7-15(8-6-14)16-9-11-18(19(21)13-16)20-12-10-17(4-2)22-20/h4-13H,2-3H2,1H3. The van der Waals surface area contributed by atoms with Crippen molar-refractivity contribution in [3.63, 3.8) is 0 Å². The van der Waals surface area contributed by atoms with Crippen LogP contribution >= 0.6 is 11.3 Å². The molecule has 0 nitrogen and oxygen atoms in total. The van der Waals surface area contributed by atoms with Crippen LogP contribution in [-0.2, 0) is 6.42 Å². The first-order valence-electron chi connectivity index (χ1n) is 7.32. The average molecular weight is 308 g/mol. The third-order valence-corrected chi connectivity index (χ3v) is 4.87. The summed E-state index contributed by atoms with van der Waals surface area (Å²) in [6.45, 7) is 5.87. The number of aryl methyl sites for hydroxylation is 1. The van der Waals surface area contributed by atoms with Gasteiger partial charge in [-0.1, -0.05) is 49.9 Å². The predicted octanol–water partition coefficient (Wildman–Crippen LogP) is 6.43.